The van der Waals surface area contributed by atoms with Crippen LogP contribution in [0.3, 0.4) is 0 Å². The number of nitrogens with zero attached hydrogens (tertiary/aromatic N) is 1. The van der Waals surface area contributed by atoms with Gasteiger partial charge < -0.3 is 9.94 Å². The topological polar surface area (TPSA) is 41.8 Å². The molecule has 0 radical (unpaired) electrons. The van der Waals surface area contributed by atoms with Gasteiger partial charge in [0.25, 0.3) is 0 Å². The lowest BCUT2D eigenvalue weighted by Crippen LogP contribution is -2.04. The van der Waals surface area contributed by atoms with Gasteiger partial charge in [0.05, 0.1) is 6.21 Å². The third-order valence-electron chi connectivity index (χ3n) is 2.77. The minimum absolute atomic E-state index is 0.145. The van der Waals surface area contributed by atoms with E-state index >= 15 is 0 Å². The number of hydrogen-bond donors (Lipinski definition) is 1. The van der Waals surface area contributed by atoms with Crippen molar-refractivity contribution in [3.05, 3.63) is 71.3 Å². The lowest BCUT2D eigenvalue weighted by molar-refractivity contribution is 0.0402. The average molecular weight is 255 g/mol. The predicted octanol–water partition coefficient (Wildman–Crippen LogP) is 3.08. The van der Waals surface area contributed by atoms with E-state index in [9.17, 15) is 5.11 Å². The summed E-state index contributed by atoms with van der Waals surface area (Å²) in [4.78, 5) is 5.10. The summed E-state index contributed by atoms with van der Waals surface area (Å²) >= 11 is 0. The van der Waals surface area contributed by atoms with Crippen LogP contribution >= 0.6 is 0 Å². The van der Waals surface area contributed by atoms with Gasteiger partial charge in [0.2, 0.25) is 0 Å². The van der Waals surface area contributed by atoms with Crippen LogP contribution in [0.25, 0.3) is 0 Å². The van der Waals surface area contributed by atoms with Crippen LogP contribution in [-0.4, -0.2) is 17.9 Å². The fraction of sp³-hybridized carbons (Fsp3) is 0.188. The van der Waals surface area contributed by atoms with Gasteiger partial charge in [-0.15, -0.1) is 0 Å². The van der Waals surface area contributed by atoms with Crippen LogP contribution in [0.1, 0.15) is 22.8 Å². The van der Waals surface area contributed by atoms with Gasteiger partial charge in [-0.25, -0.2) is 0 Å². The fourth-order valence-electron chi connectivity index (χ4n) is 1.64. The minimum atomic E-state index is -0.656. The molecule has 0 aliphatic rings. The molecule has 19 heavy (non-hydrogen) atoms. The molecule has 0 amide bonds. The van der Waals surface area contributed by atoms with E-state index in [-0.39, 0.29) is 6.61 Å². The molecular weight excluding hydrogens is 238 g/mol. The Labute approximate surface area is 113 Å². The minimum Gasteiger partial charge on any atom is -0.393 e. The highest BCUT2D eigenvalue weighted by Gasteiger charge is 2.06. The zero-order valence-corrected chi connectivity index (χ0v) is 10.9. The number of hydrogen-bond acceptors (Lipinski definition) is 3. The molecule has 0 aliphatic heterocycles. The van der Waals surface area contributed by atoms with E-state index < -0.39 is 6.10 Å². The average Bonchev–Trinajstić information content (AvgIpc) is 2.46. The van der Waals surface area contributed by atoms with Crippen molar-refractivity contribution in [2.75, 3.05) is 6.61 Å². The van der Waals surface area contributed by atoms with Crippen LogP contribution in [0, 0.1) is 6.92 Å². The molecule has 3 nitrogen and oxygen atoms in total. The van der Waals surface area contributed by atoms with Crippen LogP contribution in [0.15, 0.2) is 59.8 Å². The van der Waals surface area contributed by atoms with Gasteiger partial charge in [0.15, 0.2) is 0 Å². The Morgan fingerprint density at radius 1 is 1.11 bits per heavy atom. The number of rotatable bonds is 5. The van der Waals surface area contributed by atoms with Gasteiger partial charge in [-0.3, -0.25) is 0 Å². The van der Waals surface area contributed by atoms with Gasteiger partial charge in [0.1, 0.15) is 12.7 Å². The Balaban J connectivity index is 1.82. The van der Waals surface area contributed by atoms with Crippen LogP contribution in [0.4, 0.5) is 0 Å². The third-order valence-corrected chi connectivity index (χ3v) is 2.77. The Bertz CT molecular complexity index is 520. The first-order valence-corrected chi connectivity index (χ1v) is 6.21. The molecule has 1 N–H and O–H groups in total. The quantitative estimate of drug-likeness (QED) is 0.659. The lowest BCUT2D eigenvalue weighted by Gasteiger charge is -2.08. The molecular formula is C16H17NO2. The van der Waals surface area contributed by atoms with Crippen molar-refractivity contribution < 1.29 is 9.94 Å². The Hall–Kier alpha value is -2.13. The van der Waals surface area contributed by atoms with Crippen LogP contribution in [-0.2, 0) is 4.84 Å². The molecule has 0 aromatic heterocycles. The van der Waals surface area contributed by atoms with Crippen LogP contribution in [0.2, 0.25) is 0 Å². The molecule has 3 heteroatoms. The van der Waals surface area contributed by atoms with Crippen molar-refractivity contribution in [3.8, 4) is 0 Å². The molecule has 0 saturated carbocycles. The van der Waals surface area contributed by atoms with E-state index in [4.69, 9.17) is 4.84 Å². The fourth-order valence-corrected chi connectivity index (χ4v) is 1.64. The van der Waals surface area contributed by atoms with Crippen LogP contribution < -0.4 is 0 Å². The van der Waals surface area contributed by atoms with Gasteiger partial charge in [-0.05, 0) is 18.1 Å². The lowest BCUT2D eigenvalue weighted by atomic mass is 10.1. The molecule has 2 aromatic rings. The van der Waals surface area contributed by atoms with Gasteiger partial charge in [0, 0.05) is 0 Å². The van der Waals surface area contributed by atoms with Crippen molar-refractivity contribution >= 4 is 6.21 Å². The molecule has 1 atom stereocenters. The first kappa shape index (κ1) is 13.3. The van der Waals surface area contributed by atoms with Crippen molar-refractivity contribution in [3.63, 3.8) is 0 Å². The number of aliphatic hydroxyl groups is 1. The van der Waals surface area contributed by atoms with Crippen molar-refractivity contribution in [1.29, 1.82) is 0 Å². The molecule has 0 spiro atoms. The SMILES string of the molecule is Cc1ccc(/C=N/OC[C@H](O)c2ccccc2)cc1. The molecule has 2 rings (SSSR count). The standard InChI is InChI=1S/C16H17NO2/c1-13-7-9-14(10-8-13)11-17-19-12-16(18)15-5-3-2-4-6-15/h2-11,16,18H,12H2,1H3/b17-11+/t16-/m0/s1. The number of aryl methyl sites for hydroxylation is 1. The van der Waals surface area contributed by atoms with E-state index in [1.54, 1.807) is 6.21 Å². The summed E-state index contributed by atoms with van der Waals surface area (Å²) in [6, 6.07) is 17.4. The van der Waals surface area contributed by atoms with Gasteiger partial charge >= 0.3 is 0 Å². The summed E-state index contributed by atoms with van der Waals surface area (Å²) in [6.07, 6.45) is 0.980. The van der Waals surface area contributed by atoms with Crippen LogP contribution in [0.5, 0.6) is 0 Å². The molecule has 2 aromatic carbocycles. The maximum Gasteiger partial charge on any atom is 0.147 e. The summed E-state index contributed by atoms with van der Waals surface area (Å²) in [5.74, 6) is 0. The van der Waals surface area contributed by atoms with E-state index in [2.05, 4.69) is 5.16 Å². The second kappa shape index (κ2) is 6.71. The molecule has 0 saturated heterocycles. The number of aliphatic hydroxyl groups excluding tert-OH is 1. The van der Waals surface area contributed by atoms with Gasteiger partial charge in [-0.1, -0.05) is 65.3 Å². The molecule has 0 fully saturated rings. The highest BCUT2D eigenvalue weighted by molar-refractivity contribution is 5.79. The molecule has 0 heterocycles. The second-order valence-electron chi connectivity index (χ2n) is 4.37. The molecule has 0 bridgehead atoms. The second-order valence-corrected chi connectivity index (χ2v) is 4.37. The maximum absolute atomic E-state index is 9.86. The maximum atomic E-state index is 9.86. The first-order chi connectivity index (χ1) is 9.25. The Kier molecular flexibility index (Phi) is 4.70. The summed E-state index contributed by atoms with van der Waals surface area (Å²) in [6.45, 7) is 2.18. The number of oxime groups is 1. The van der Waals surface area contributed by atoms with Crippen molar-refractivity contribution in [1.82, 2.24) is 0 Å². The summed E-state index contributed by atoms with van der Waals surface area (Å²) < 4.78 is 0. The summed E-state index contributed by atoms with van der Waals surface area (Å²) in [5.41, 5.74) is 3.01. The van der Waals surface area contributed by atoms with Crippen molar-refractivity contribution in [2.45, 2.75) is 13.0 Å². The first-order valence-electron chi connectivity index (χ1n) is 6.21. The number of benzene rings is 2. The van der Waals surface area contributed by atoms with E-state index in [1.807, 2.05) is 61.5 Å². The van der Waals surface area contributed by atoms with E-state index in [0.29, 0.717) is 0 Å². The third kappa shape index (κ3) is 4.23. The highest BCUT2D eigenvalue weighted by atomic mass is 16.6. The molecule has 0 unspecified atom stereocenters. The normalized spacial score (nSPS) is 12.5. The summed E-state index contributed by atoms with van der Waals surface area (Å²) in [5, 5.41) is 13.7. The monoisotopic (exact) mass is 255 g/mol. The Morgan fingerprint density at radius 3 is 2.47 bits per heavy atom. The zero-order chi connectivity index (χ0) is 13.5. The molecule has 98 valence electrons. The zero-order valence-electron chi connectivity index (χ0n) is 10.9. The van der Waals surface area contributed by atoms with Crippen molar-refractivity contribution in [2.24, 2.45) is 5.16 Å². The predicted molar refractivity (Wildman–Crippen MR) is 76.1 cm³/mol. The summed E-state index contributed by atoms with van der Waals surface area (Å²) in [7, 11) is 0. The molecule has 0 aliphatic carbocycles. The van der Waals surface area contributed by atoms with E-state index in [1.165, 1.54) is 5.56 Å². The smallest absolute Gasteiger partial charge is 0.147 e. The van der Waals surface area contributed by atoms with E-state index in [0.717, 1.165) is 11.1 Å². The Morgan fingerprint density at radius 2 is 1.79 bits per heavy atom. The van der Waals surface area contributed by atoms with Gasteiger partial charge in [-0.2, -0.15) is 0 Å². The highest BCUT2D eigenvalue weighted by Crippen LogP contribution is 2.12. The largest absolute Gasteiger partial charge is 0.393 e.